The summed E-state index contributed by atoms with van der Waals surface area (Å²) < 4.78 is 16.0. The largest absolute Gasteiger partial charge is 0.497 e. The van der Waals surface area contributed by atoms with Gasteiger partial charge in [0, 0.05) is 24.6 Å². The van der Waals surface area contributed by atoms with Gasteiger partial charge in [-0.2, -0.15) is 5.10 Å². The second-order valence-electron chi connectivity index (χ2n) is 8.37. The van der Waals surface area contributed by atoms with Gasteiger partial charge in [0.1, 0.15) is 23.8 Å². The van der Waals surface area contributed by atoms with Crippen LogP contribution in [0.25, 0.3) is 0 Å². The monoisotopic (exact) mass is 487 g/mol. The minimum atomic E-state index is -0.366. The Balaban J connectivity index is 1.60. The van der Waals surface area contributed by atoms with Crippen LogP contribution < -0.4 is 14.2 Å². The van der Waals surface area contributed by atoms with Gasteiger partial charge in [-0.05, 0) is 60.2 Å². The first-order valence-corrected chi connectivity index (χ1v) is 11.5. The number of carbonyl (C=O) groups is 2. The summed E-state index contributed by atoms with van der Waals surface area (Å²) in [4.78, 5) is 27.8. The minimum Gasteiger partial charge on any atom is -0.497 e. The molecule has 0 saturated carbocycles. The lowest BCUT2D eigenvalue weighted by Gasteiger charge is -2.26. The third kappa shape index (κ3) is 5.17. The maximum Gasteiger partial charge on any atom is 0.262 e. The van der Waals surface area contributed by atoms with E-state index < -0.39 is 0 Å². The average molecular weight is 488 g/mol. The van der Waals surface area contributed by atoms with Crippen molar-refractivity contribution in [3.05, 3.63) is 89.5 Å². The second kappa shape index (κ2) is 10.9. The maximum atomic E-state index is 13.5. The fourth-order valence-electron chi connectivity index (χ4n) is 4.18. The summed E-state index contributed by atoms with van der Waals surface area (Å²) in [6.07, 6.45) is 0.509. The van der Waals surface area contributed by atoms with Crippen LogP contribution in [0, 0.1) is 0 Å². The third-order valence-corrected chi connectivity index (χ3v) is 6.14. The summed E-state index contributed by atoms with van der Waals surface area (Å²) in [6, 6.07) is 21.6. The van der Waals surface area contributed by atoms with E-state index in [2.05, 4.69) is 0 Å². The average Bonchev–Trinajstić information content (AvgIpc) is 3.38. The van der Waals surface area contributed by atoms with E-state index >= 15 is 0 Å². The number of benzene rings is 3. The first-order chi connectivity index (χ1) is 17.4. The zero-order valence-corrected chi connectivity index (χ0v) is 20.8. The van der Waals surface area contributed by atoms with E-state index in [4.69, 9.17) is 19.3 Å². The Morgan fingerprint density at radius 2 is 1.50 bits per heavy atom. The van der Waals surface area contributed by atoms with Crippen LogP contribution in [-0.4, -0.2) is 62.4 Å². The topological polar surface area (TPSA) is 80.7 Å². The number of nitrogens with zero attached hydrogens (tertiary/aromatic N) is 3. The standard InChI is InChI=1S/C28H29N3O5/c1-30(28(33)20-11-15-22(35-3)16-12-20)18-27(32)31-25(23-7-5-6-8-26(23)36-4)17-24(29-31)19-9-13-21(34-2)14-10-19/h5-16,25H,17-18H2,1-4H3/t25-/m0/s1. The van der Waals surface area contributed by atoms with Crippen molar-refractivity contribution in [3.63, 3.8) is 0 Å². The van der Waals surface area contributed by atoms with E-state index in [9.17, 15) is 9.59 Å². The fraction of sp³-hybridized carbons (Fsp3) is 0.250. The van der Waals surface area contributed by atoms with Crippen LogP contribution in [0.15, 0.2) is 77.9 Å². The zero-order chi connectivity index (χ0) is 25.7. The predicted octanol–water partition coefficient (Wildman–Crippen LogP) is 4.16. The number of para-hydroxylation sites is 1. The number of hydrazone groups is 1. The van der Waals surface area contributed by atoms with Crippen molar-refractivity contribution in [2.45, 2.75) is 12.5 Å². The lowest BCUT2D eigenvalue weighted by Crippen LogP contribution is -2.39. The van der Waals surface area contributed by atoms with E-state index in [0.717, 1.165) is 22.6 Å². The van der Waals surface area contributed by atoms with Gasteiger partial charge < -0.3 is 19.1 Å². The van der Waals surface area contributed by atoms with E-state index in [1.54, 1.807) is 52.6 Å². The fourth-order valence-corrected chi connectivity index (χ4v) is 4.18. The van der Waals surface area contributed by atoms with Crippen molar-refractivity contribution in [1.82, 2.24) is 9.91 Å². The Bertz CT molecular complexity index is 1250. The lowest BCUT2D eigenvalue weighted by atomic mass is 9.97. The zero-order valence-electron chi connectivity index (χ0n) is 20.8. The lowest BCUT2D eigenvalue weighted by molar-refractivity contribution is -0.133. The molecule has 0 radical (unpaired) electrons. The van der Waals surface area contributed by atoms with Crippen LogP contribution in [0.5, 0.6) is 17.2 Å². The molecule has 3 aromatic rings. The quantitative estimate of drug-likeness (QED) is 0.477. The Hall–Kier alpha value is -4.33. The summed E-state index contributed by atoms with van der Waals surface area (Å²) >= 11 is 0. The van der Waals surface area contributed by atoms with Gasteiger partial charge in [0.2, 0.25) is 0 Å². The Morgan fingerprint density at radius 3 is 2.11 bits per heavy atom. The summed E-state index contributed by atoms with van der Waals surface area (Å²) in [5, 5.41) is 6.17. The molecule has 1 atom stereocenters. The van der Waals surface area contributed by atoms with Crippen LogP contribution in [0.1, 0.15) is 33.9 Å². The number of hydrogen-bond donors (Lipinski definition) is 0. The highest BCUT2D eigenvalue weighted by molar-refractivity contribution is 6.04. The van der Waals surface area contributed by atoms with Gasteiger partial charge in [0.25, 0.3) is 11.8 Å². The van der Waals surface area contributed by atoms with Gasteiger partial charge >= 0.3 is 0 Å². The summed E-state index contributed by atoms with van der Waals surface area (Å²) in [5.74, 6) is 1.51. The molecule has 0 unspecified atom stereocenters. The number of amides is 2. The van der Waals surface area contributed by atoms with Gasteiger partial charge in [-0.15, -0.1) is 0 Å². The molecule has 1 heterocycles. The molecule has 1 aliphatic rings. The van der Waals surface area contributed by atoms with Crippen molar-refractivity contribution in [1.29, 1.82) is 0 Å². The number of ether oxygens (including phenoxy) is 3. The molecule has 0 aliphatic carbocycles. The molecule has 8 nitrogen and oxygen atoms in total. The molecule has 4 rings (SSSR count). The highest BCUT2D eigenvalue weighted by Gasteiger charge is 2.35. The molecule has 0 N–H and O–H groups in total. The molecule has 3 aromatic carbocycles. The Kier molecular flexibility index (Phi) is 7.53. The van der Waals surface area contributed by atoms with Crippen LogP contribution in [-0.2, 0) is 4.79 Å². The van der Waals surface area contributed by atoms with Crippen LogP contribution >= 0.6 is 0 Å². The minimum absolute atomic E-state index is 0.129. The van der Waals surface area contributed by atoms with Crippen molar-refractivity contribution >= 4 is 17.5 Å². The molecule has 0 aromatic heterocycles. The Morgan fingerprint density at radius 1 is 0.889 bits per heavy atom. The smallest absolute Gasteiger partial charge is 0.262 e. The summed E-state index contributed by atoms with van der Waals surface area (Å²) in [5.41, 5.74) is 2.99. The van der Waals surface area contributed by atoms with Crippen molar-refractivity contribution in [2.24, 2.45) is 5.10 Å². The van der Waals surface area contributed by atoms with Gasteiger partial charge in [-0.3, -0.25) is 9.59 Å². The number of rotatable bonds is 8. The van der Waals surface area contributed by atoms with Crippen molar-refractivity contribution in [3.8, 4) is 17.2 Å². The Labute approximate surface area is 210 Å². The van der Waals surface area contributed by atoms with Crippen molar-refractivity contribution < 1.29 is 23.8 Å². The van der Waals surface area contributed by atoms with E-state index in [1.165, 1.54) is 9.91 Å². The second-order valence-corrected chi connectivity index (χ2v) is 8.37. The molecule has 0 bridgehead atoms. The number of hydrogen-bond acceptors (Lipinski definition) is 6. The van der Waals surface area contributed by atoms with E-state index in [1.807, 2.05) is 48.5 Å². The summed E-state index contributed by atoms with van der Waals surface area (Å²) in [6.45, 7) is -0.129. The first kappa shape index (κ1) is 24.8. The number of methoxy groups -OCH3 is 3. The molecule has 0 fully saturated rings. The van der Waals surface area contributed by atoms with Gasteiger partial charge in [0.05, 0.1) is 33.1 Å². The highest BCUT2D eigenvalue weighted by Crippen LogP contribution is 2.37. The van der Waals surface area contributed by atoms with Gasteiger partial charge in [-0.25, -0.2) is 5.01 Å². The highest BCUT2D eigenvalue weighted by atomic mass is 16.5. The number of carbonyl (C=O) groups excluding carboxylic acids is 2. The first-order valence-electron chi connectivity index (χ1n) is 11.5. The van der Waals surface area contributed by atoms with E-state index in [0.29, 0.717) is 23.5 Å². The third-order valence-electron chi connectivity index (χ3n) is 6.14. The molecule has 0 spiro atoms. The van der Waals surface area contributed by atoms with Gasteiger partial charge in [0.15, 0.2) is 0 Å². The molecule has 8 heteroatoms. The van der Waals surface area contributed by atoms with Crippen LogP contribution in [0.4, 0.5) is 0 Å². The molecular formula is C28H29N3O5. The van der Waals surface area contributed by atoms with Crippen LogP contribution in [0.2, 0.25) is 0 Å². The maximum absolute atomic E-state index is 13.5. The van der Waals surface area contributed by atoms with Crippen molar-refractivity contribution in [2.75, 3.05) is 34.9 Å². The van der Waals surface area contributed by atoms with Gasteiger partial charge in [-0.1, -0.05) is 18.2 Å². The predicted molar refractivity (Wildman–Crippen MR) is 137 cm³/mol. The molecule has 2 amide bonds. The normalized spacial score (nSPS) is 14.7. The molecule has 1 aliphatic heterocycles. The molecule has 0 saturated heterocycles. The summed E-state index contributed by atoms with van der Waals surface area (Å²) in [7, 11) is 6.39. The van der Waals surface area contributed by atoms with Crippen LogP contribution in [0.3, 0.4) is 0 Å². The molecule has 186 valence electrons. The number of likely N-dealkylation sites (N-methyl/N-ethyl adjacent to an activating group) is 1. The van der Waals surface area contributed by atoms with E-state index in [-0.39, 0.29) is 24.4 Å². The molecule has 36 heavy (non-hydrogen) atoms. The molecular weight excluding hydrogens is 458 g/mol. The SMILES string of the molecule is COc1ccc(C(=O)N(C)CC(=O)N2N=C(c3ccc(OC)cc3)C[C@H]2c2ccccc2OC)cc1.